The van der Waals surface area contributed by atoms with E-state index < -0.39 is 32.5 Å². The van der Waals surface area contributed by atoms with Crippen molar-refractivity contribution in [3.05, 3.63) is 36.5 Å². The van der Waals surface area contributed by atoms with Gasteiger partial charge in [-0.1, -0.05) is 172 Å². The van der Waals surface area contributed by atoms with E-state index in [0.717, 1.165) is 64.2 Å². The first kappa shape index (κ1) is 52.3. The van der Waals surface area contributed by atoms with E-state index in [1.54, 1.807) is 0 Å². The van der Waals surface area contributed by atoms with Crippen molar-refractivity contribution in [3.63, 3.8) is 0 Å². The Morgan fingerprint density at radius 3 is 1.28 bits per heavy atom. The minimum Gasteiger partial charge on any atom is -0.462 e. The monoisotopic (exact) mass is 783 g/mol. The minimum atomic E-state index is -4.76. The zero-order chi connectivity index (χ0) is 39.6. The van der Waals surface area contributed by atoms with Crippen molar-refractivity contribution in [1.82, 2.24) is 0 Å². The third-order valence-corrected chi connectivity index (χ3v) is 10.1. The predicted molar refractivity (Wildman–Crippen MR) is 225 cm³/mol. The van der Waals surface area contributed by atoms with E-state index in [9.17, 15) is 14.2 Å². The zero-order valence-corrected chi connectivity index (χ0v) is 35.8. The van der Waals surface area contributed by atoms with E-state index in [4.69, 9.17) is 19.3 Å². The lowest BCUT2D eigenvalue weighted by Crippen LogP contribution is -2.29. The quantitative estimate of drug-likeness (QED) is 0.0272. The molecule has 0 radical (unpaired) electrons. The van der Waals surface area contributed by atoms with Crippen molar-refractivity contribution in [2.24, 2.45) is 0 Å². The number of hydrogen-bond donors (Lipinski definition) is 2. The van der Waals surface area contributed by atoms with Gasteiger partial charge in [0.15, 0.2) is 6.10 Å². The van der Waals surface area contributed by atoms with Gasteiger partial charge in [0.2, 0.25) is 0 Å². The Balaban J connectivity index is 3.89. The lowest BCUT2D eigenvalue weighted by Gasteiger charge is -2.18. The molecule has 0 aliphatic carbocycles. The summed E-state index contributed by atoms with van der Waals surface area (Å²) < 4.78 is 26.4. The second-order valence-corrected chi connectivity index (χ2v) is 16.3. The number of phosphoric acid groups is 1. The van der Waals surface area contributed by atoms with Crippen LogP contribution in [-0.2, 0) is 28.2 Å². The molecule has 316 valence electrons. The molecule has 0 amide bonds. The maximum atomic E-state index is 12.4. The number of esters is 2. The van der Waals surface area contributed by atoms with Crippen LogP contribution in [0.4, 0.5) is 0 Å². The summed E-state index contributed by atoms with van der Waals surface area (Å²) >= 11 is 0. The molecular weight excluding hydrogens is 699 g/mol. The summed E-state index contributed by atoms with van der Waals surface area (Å²) in [6, 6.07) is 0. The van der Waals surface area contributed by atoms with E-state index in [0.29, 0.717) is 6.42 Å². The fourth-order valence-electron chi connectivity index (χ4n) is 6.28. The van der Waals surface area contributed by atoms with Gasteiger partial charge in [-0.15, -0.1) is 0 Å². The predicted octanol–water partition coefficient (Wildman–Crippen LogP) is 13.7. The number of carbonyl (C=O) groups is 2. The van der Waals surface area contributed by atoms with E-state index in [1.807, 2.05) is 0 Å². The normalized spacial score (nSPS) is 12.7. The highest BCUT2D eigenvalue weighted by Gasteiger charge is 2.22. The average Bonchev–Trinajstić information content (AvgIpc) is 3.14. The number of carbonyl (C=O) groups excluding carboxylic acids is 2. The van der Waals surface area contributed by atoms with Crippen molar-refractivity contribution in [2.45, 2.75) is 225 Å². The Kier molecular flexibility index (Phi) is 39.6. The second-order valence-electron chi connectivity index (χ2n) is 15.0. The first-order chi connectivity index (χ1) is 26.3. The average molecular weight is 783 g/mol. The molecule has 2 N–H and O–H groups in total. The Morgan fingerprint density at radius 1 is 0.481 bits per heavy atom. The molecule has 0 aromatic rings. The van der Waals surface area contributed by atoms with Crippen molar-refractivity contribution >= 4 is 19.8 Å². The van der Waals surface area contributed by atoms with Crippen LogP contribution in [0.1, 0.15) is 219 Å². The van der Waals surface area contributed by atoms with Crippen molar-refractivity contribution in [2.75, 3.05) is 13.2 Å². The largest absolute Gasteiger partial charge is 0.469 e. The smallest absolute Gasteiger partial charge is 0.462 e. The van der Waals surface area contributed by atoms with Gasteiger partial charge in [0.05, 0.1) is 6.61 Å². The summed E-state index contributed by atoms with van der Waals surface area (Å²) in [5.41, 5.74) is 0. The van der Waals surface area contributed by atoms with E-state index in [1.165, 1.54) is 122 Å². The van der Waals surface area contributed by atoms with Gasteiger partial charge in [0.25, 0.3) is 0 Å². The third kappa shape index (κ3) is 43.0. The highest BCUT2D eigenvalue weighted by Crippen LogP contribution is 2.36. The Bertz CT molecular complexity index is 973. The highest BCUT2D eigenvalue weighted by atomic mass is 31.2. The second kappa shape index (κ2) is 40.9. The van der Waals surface area contributed by atoms with Crippen LogP contribution in [0, 0.1) is 0 Å². The minimum absolute atomic E-state index is 0.207. The third-order valence-electron chi connectivity index (χ3n) is 9.63. The van der Waals surface area contributed by atoms with Crippen LogP contribution in [0.25, 0.3) is 0 Å². The van der Waals surface area contributed by atoms with Crippen LogP contribution in [0.5, 0.6) is 0 Å². The Morgan fingerprint density at radius 2 is 0.833 bits per heavy atom. The molecule has 0 spiro atoms. The molecule has 1 unspecified atom stereocenters. The molecule has 54 heavy (non-hydrogen) atoms. The van der Waals surface area contributed by atoms with Gasteiger partial charge in [-0.2, -0.15) is 0 Å². The van der Waals surface area contributed by atoms with Crippen molar-refractivity contribution in [1.29, 1.82) is 0 Å². The van der Waals surface area contributed by atoms with Gasteiger partial charge in [0, 0.05) is 12.8 Å². The van der Waals surface area contributed by atoms with Gasteiger partial charge in [-0.05, 0) is 70.6 Å². The molecule has 0 aromatic heterocycles. The van der Waals surface area contributed by atoms with Gasteiger partial charge in [0.1, 0.15) is 6.61 Å². The molecule has 9 heteroatoms. The summed E-state index contributed by atoms with van der Waals surface area (Å²) in [5, 5.41) is 0. The maximum absolute atomic E-state index is 12.4. The van der Waals surface area contributed by atoms with Gasteiger partial charge in [-0.25, -0.2) is 4.57 Å². The van der Waals surface area contributed by atoms with Crippen LogP contribution in [0.3, 0.4) is 0 Å². The molecule has 8 nitrogen and oxygen atoms in total. The lowest BCUT2D eigenvalue weighted by molar-refractivity contribution is -0.161. The number of rotatable bonds is 41. The highest BCUT2D eigenvalue weighted by molar-refractivity contribution is 7.46. The Hall–Kier alpha value is -1.73. The van der Waals surface area contributed by atoms with E-state index in [2.05, 4.69) is 54.8 Å². The molecule has 0 aromatic carbocycles. The number of unbranched alkanes of at least 4 members (excludes halogenated alkanes) is 25. The summed E-state index contributed by atoms with van der Waals surface area (Å²) in [6.07, 6.45) is 48.6. The molecule has 1 atom stereocenters. The number of allylic oxidation sites excluding steroid dienone is 6. The van der Waals surface area contributed by atoms with Gasteiger partial charge in [-0.3, -0.25) is 14.1 Å². The fourth-order valence-corrected chi connectivity index (χ4v) is 6.64. The Labute approximate surface area is 332 Å². The number of hydrogen-bond acceptors (Lipinski definition) is 6. The van der Waals surface area contributed by atoms with E-state index >= 15 is 0 Å². The molecule has 0 bridgehead atoms. The standard InChI is InChI=1S/C45H83O8P/c1-3-5-7-9-11-13-15-17-19-21-22-24-26-28-30-32-34-36-38-40-45(47)53-43(42-52-54(48,49)50)41-51-44(46)39-37-35-33-31-29-27-25-23-20-18-16-14-12-10-8-6-4-2/h11,13,17-20,43H,3-10,12,14-16,21-42H2,1-2H3,(H2,48,49,50)/b13-11-,19-17-,20-18-. The molecule has 0 saturated heterocycles. The molecule has 0 fully saturated rings. The van der Waals surface area contributed by atoms with Crippen LogP contribution in [0.15, 0.2) is 36.5 Å². The molecule has 0 saturated carbocycles. The maximum Gasteiger partial charge on any atom is 0.469 e. The van der Waals surface area contributed by atoms with Gasteiger partial charge >= 0.3 is 19.8 Å². The summed E-state index contributed by atoms with van der Waals surface area (Å²) in [6.45, 7) is 3.67. The summed E-state index contributed by atoms with van der Waals surface area (Å²) in [7, 11) is -4.76. The van der Waals surface area contributed by atoms with Crippen LogP contribution >= 0.6 is 7.82 Å². The van der Waals surface area contributed by atoms with E-state index in [-0.39, 0.29) is 19.4 Å². The number of phosphoric ester groups is 1. The summed E-state index contributed by atoms with van der Waals surface area (Å²) in [4.78, 5) is 42.9. The number of ether oxygens (including phenoxy) is 2. The summed E-state index contributed by atoms with van der Waals surface area (Å²) in [5.74, 6) is -0.889. The first-order valence-electron chi connectivity index (χ1n) is 22.3. The molecule has 0 aliphatic heterocycles. The van der Waals surface area contributed by atoms with Gasteiger partial charge < -0.3 is 19.3 Å². The SMILES string of the molecule is CCCCC/C=C\C/C=C\CCCCCCCCCCCC(=O)OC(COC(=O)CCCCCCCCC/C=C\CCCCCCCC)COP(=O)(O)O. The first-order valence-corrected chi connectivity index (χ1v) is 23.8. The van der Waals surface area contributed by atoms with Crippen molar-refractivity contribution < 1.29 is 37.9 Å². The van der Waals surface area contributed by atoms with Crippen LogP contribution in [-0.4, -0.2) is 41.0 Å². The molecular formula is C45H83O8P. The van der Waals surface area contributed by atoms with Crippen LogP contribution in [0.2, 0.25) is 0 Å². The van der Waals surface area contributed by atoms with Crippen LogP contribution < -0.4 is 0 Å². The lowest BCUT2D eigenvalue weighted by atomic mass is 10.1. The molecule has 0 heterocycles. The molecule has 0 aliphatic rings. The van der Waals surface area contributed by atoms with Crippen molar-refractivity contribution in [3.8, 4) is 0 Å². The molecule has 0 rings (SSSR count). The fraction of sp³-hybridized carbons (Fsp3) is 0.822. The zero-order valence-electron chi connectivity index (χ0n) is 34.9. The topological polar surface area (TPSA) is 119 Å².